The normalized spacial score (nSPS) is 15.7. The first kappa shape index (κ1) is 22.0. The molecule has 1 aliphatic rings. The van der Waals surface area contributed by atoms with Crippen molar-refractivity contribution in [3.63, 3.8) is 0 Å². The molecule has 0 spiro atoms. The quantitative estimate of drug-likeness (QED) is 0.540. The van der Waals surface area contributed by atoms with Gasteiger partial charge in [-0.2, -0.15) is 17.5 Å². The average Bonchev–Trinajstić information content (AvgIpc) is 2.67. The fraction of sp³-hybridized carbons (Fsp3) is 0.333. The number of benzene rings is 2. The number of morpholine rings is 1. The number of alkyl halides is 3. The van der Waals surface area contributed by atoms with E-state index in [0.29, 0.717) is 0 Å². The van der Waals surface area contributed by atoms with Crippen molar-refractivity contribution in [1.29, 1.82) is 0 Å². The first-order chi connectivity index (χ1) is 14.1. The van der Waals surface area contributed by atoms with Crippen molar-refractivity contribution in [2.45, 2.75) is 17.5 Å². The summed E-state index contributed by atoms with van der Waals surface area (Å²) in [5.74, 6) is 0. The molecule has 0 amide bonds. The second-order valence-corrected chi connectivity index (χ2v) is 8.51. The van der Waals surface area contributed by atoms with Crippen molar-refractivity contribution in [1.82, 2.24) is 4.31 Å². The van der Waals surface area contributed by atoms with Gasteiger partial charge in [0, 0.05) is 24.8 Å². The largest absolute Gasteiger partial charge is 0.393 e. The van der Waals surface area contributed by atoms with Gasteiger partial charge in [0.15, 0.2) is 0 Å². The number of hydrogen-bond donors (Lipinski definition) is 1. The smallest absolute Gasteiger partial charge is 0.379 e. The summed E-state index contributed by atoms with van der Waals surface area (Å²) in [7, 11) is -3.94. The molecular weight excluding hydrogens is 427 g/mol. The number of ether oxygens (including phenoxy) is 1. The molecule has 30 heavy (non-hydrogen) atoms. The third-order valence-corrected chi connectivity index (χ3v) is 6.28. The molecule has 1 heterocycles. The van der Waals surface area contributed by atoms with Crippen molar-refractivity contribution in [2.24, 2.45) is 0 Å². The van der Waals surface area contributed by atoms with Crippen LogP contribution in [0.25, 0.3) is 0 Å². The van der Waals surface area contributed by atoms with Crippen LogP contribution in [0, 0.1) is 10.1 Å². The summed E-state index contributed by atoms with van der Waals surface area (Å²) in [6.45, 7) is 0.745. The predicted octanol–water partition coefficient (Wildman–Crippen LogP) is 3.46. The van der Waals surface area contributed by atoms with Crippen LogP contribution in [0.3, 0.4) is 0 Å². The molecule has 12 heteroatoms. The number of nitro groups is 1. The van der Waals surface area contributed by atoms with Gasteiger partial charge in [-0.1, -0.05) is 12.1 Å². The lowest BCUT2D eigenvalue weighted by Gasteiger charge is -2.26. The third-order valence-electron chi connectivity index (χ3n) is 4.38. The zero-order valence-corrected chi connectivity index (χ0v) is 16.4. The fourth-order valence-electron chi connectivity index (χ4n) is 3.01. The van der Waals surface area contributed by atoms with Gasteiger partial charge in [-0.25, -0.2) is 8.42 Å². The van der Waals surface area contributed by atoms with Gasteiger partial charge in [-0.15, -0.1) is 0 Å². The topological polar surface area (TPSA) is 102 Å². The lowest BCUT2D eigenvalue weighted by molar-refractivity contribution is -0.384. The Balaban J connectivity index is 1.90. The zero-order valence-electron chi connectivity index (χ0n) is 15.6. The molecule has 162 valence electrons. The van der Waals surface area contributed by atoms with E-state index >= 15 is 0 Å². The molecule has 2 aromatic carbocycles. The monoisotopic (exact) mass is 445 g/mol. The molecule has 3 rings (SSSR count). The van der Waals surface area contributed by atoms with E-state index in [4.69, 9.17) is 4.74 Å². The molecule has 0 atom stereocenters. The molecule has 2 aromatic rings. The van der Waals surface area contributed by atoms with E-state index in [1.807, 2.05) is 0 Å². The Bertz CT molecular complexity index is 1040. The van der Waals surface area contributed by atoms with E-state index < -0.39 is 33.2 Å². The van der Waals surface area contributed by atoms with Gasteiger partial charge < -0.3 is 10.1 Å². The fourth-order valence-corrected chi connectivity index (χ4v) is 4.44. The highest BCUT2D eigenvalue weighted by molar-refractivity contribution is 7.89. The second-order valence-electron chi connectivity index (χ2n) is 6.57. The maximum absolute atomic E-state index is 12.7. The highest BCUT2D eigenvalue weighted by Crippen LogP contribution is 2.32. The Kier molecular flexibility index (Phi) is 6.29. The summed E-state index contributed by atoms with van der Waals surface area (Å²) >= 11 is 0. The Morgan fingerprint density at radius 1 is 1.13 bits per heavy atom. The summed E-state index contributed by atoms with van der Waals surface area (Å²) in [4.78, 5) is 10.5. The molecule has 0 radical (unpaired) electrons. The van der Waals surface area contributed by atoms with Crippen LogP contribution in [-0.2, 0) is 21.2 Å². The summed E-state index contributed by atoms with van der Waals surface area (Å²) in [6.07, 6.45) is -5.53. The molecule has 0 unspecified atom stereocenters. The Morgan fingerprint density at radius 3 is 2.47 bits per heavy atom. The van der Waals surface area contributed by atoms with Gasteiger partial charge in [-0.05, 0) is 29.8 Å². The summed E-state index contributed by atoms with van der Waals surface area (Å²) in [5.41, 5.74) is -0.346. The van der Waals surface area contributed by atoms with Gasteiger partial charge in [0.2, 0.25) is 10.0 Å². The maximum Gasteiger partial charge on any atom is 0.393 e. The minimum atomic E-state index is -4.39. The number of sulfonamides is 1. The van der Waals surface area contributed by atoms with Crippen LogP contribution in [-0.4, -0.2) is 50.1 Å². The molecule has 0 aromatic heterocycles. The van der Waals surface area contributed by atoms with Gasteiger partial charge in [0.1, 0.15) is 5.69 Å². The predicted molar refractivity (Wildman–Crippen MR) is 102 cm³/mol. The third kappa shape index (κ3) is 5.26. The van der Waals surface area contributed by atoms with E-state index in [1.54, 1.807) is 0 Å². The molecule has 0 saturated carbocycles. The van der Waals surface area contributed by atoms with Gasteiger partial charge in [0.05, 0.1) is 29.5 Å². The van der Waals surface area contributed by atoms with Crippen molar-refractivity contribution >= 4 is 27.1 Å². The van der Waals surface area contributed by atoms with Gasteiger partial charge in [-0.3, -0.25) is 10.1 Å². The zero-order chi connectivity index (χ0) is 21.9. The molecule has 8 nitrogen and oxygen atoms in total. The number of nitrogens with zero attached hydrogens (tertiary/aromatic N) is 2. The molecule has 0 bridgehead atoms. The molecule has 1 N–H and O–H groups in total. The first-order valence-corrected chi connectivity index (χ1v) is 10.3. The van der Waals surface area contributed by atoms with Crippen LogP contribution >= 0.6 is 0 Å². The SMILES string of the molecule is O=[N+]([O-])c1cc(S(=O)(=O)N2CCOCC2)ccc1Nc1cccc(CC(F)(F)F)c1. The molecule has 1 aliphatic heterocycles. The van der Waals surface area contributed by atoms with Crippen molar-refractivity contribution in [3.05, 3.63) is 58.1 Å². The lowest BCUT2D eigenvalue weighted by atomic mass is 10.1. The summed E-state index contributed by atoms with van der Waals surface area (Å²) < 4.78 is 69.6. The summed E-state index contributed by atoms with van der Waals surface area (Å²) in [6, 6.07) is 8.77. The average molecular weight is 445 g/mol. The Morgan fingerprint density at radius 2 is 1.83 bits per heavy atom. The standard InChI is InChI=1S/C18H18F3N3O5S/c19-18(20,21)12-13-2-1-3-14(10-13)22-16-5-4-15(11-17(16)24(25)26)30(27,28)23-6-8-29-9-7-23/h1-5,10-11,22H,6-9,12H2. The van der Waals surface area contributed by atoms with E-state index in [2.05, 4.69) is 5.32 Å². The van der Waals surface area contributed by atoms with Gasteiger partial charge >= 0.3 is 6.18 Å². The number of anilines is 2. The Hall–Kier alpha value is -2.70. The minimum absolute atomic E-state index is 0.0123. The molecule has 1 saturated heterocycles. The number of nitro benzene ring substituents is 1. The van der Waals surface area contributed by atoms with Crippen LogP contribution in [0.15, 0.2) is 47.4 Å². The van der Waals surface area contributed by atoms with Crippen LogP contribution in [0.1, 0.15) is 5.56 Å². The Labute approximate surface area is 170 Å². The lowest BCUT2D eigenvalue weighted by Crippen LogP contribution is -2.40. The molecule has 1 fully saturated rings. The first-order valence-electron chi connectivity index (χ1n) is 8.85. The number of halogens is 3. The van der Waals surface area contributed by atoms with E-state index in [-0.39, 0.29) is 48.1 Å². The molecular formula is C18H18F3N3O5S. The van der Waals surface area contributed by atoms with Crippen LogP contribution in [0.2, 0.25) is 0 Å². The summed E-state index contributed by atoms with van der Waals surface area (Å²) in [5, 5.41) is 14.2. The second kappa shape index (κ2) is 8.58. The van der Waals surface area contributed by atoms with Gasteiger partial charge in [0.25, 0.3) is 5.69 Å². The minimum Gasteiger partial charge on any atom is -0.379 e. The highest BCUT2D eigenvalue weighted by Gasteiger charge is 2.29. The van der Waals surface area contributed by atoms with Crippen LogP contribution in [0.4, 0.5) is 30.2 Å². The van der Waals surface area contributed by atoms with Crippen LogP contribution < -0.4 is 5.32 Å². The van der Waals surface area contributed by atoms with E-state index in [9.17, 15) is 31.7 Å². The highest BCUT2D eigenvalue weighted by atomic mass is 32.2. The van der Waals surface area contributed by atoms with Crippen LogP contribution in [0.5, 0.6) is 0 Å². The van der Waals surface area contributed by atoms with E-state index in [0.717, 1.165) is 6.07 Å². The number of hydrogen-bond acceptors (Lipinski definition) is 6. The molecule has 0 aliphatic carbocycles. The number of rotatable bonds is 6. The maximum atomic E-state index is 12.7. The van der Waals surface area contributed by atoms with Crippen molar-refractivity contribution in [2.75, 3.05) is 31.6 Å². The van der Waals surface area contributed by atoms with Crippen molar-refractivity contribution in [3.8, 4) is 0 Å². The number of nitrogens with one attached hydrogen (secondary N) is 1. The van der Waals surface area contributed by atoms with E-state index in [1.165, 1.54) is 40.7 Å². The van der Waals surface area contributed by atoms with Crippen molar-refractivity contribution < 1.29 is 31.2 Å².